The Bertz CT molecular complexity index is 285. The van der Waals surface area contributed by atoms with E-state index >= 15 is 0 Å². The van der Waals surface area contributed by atoms with Crippen LogP contribution in [0.5, 0.6) is 0 Å². The summed E-state index contributed by atoms with van der Waals surface area (Å²) >= 11 is 0. The van der Waals surface area contributed by atoms with Crippen LogP contribution >= 0.6 is 0 Å². The summed E-state index contributed by atoms with van der Waals surface area (Å²) < 4.78 is 5.51. The van der Waals surface area contributed by atoms with Crippen LogP contribution in [0.1, 0.15) is 33.1 Å². The molecule has 0 bridgehead atoms. The molecule has 0 aromatic heterocycles. The number of ether oxygens (including phenoxy) is 1. The number of nitrogens with zero attached hydrogens (tertiary/aromatic N) is 2. The van der Waals surface area contributed by atoms with Crippen LogP contribution in [0.2, 0.25) is 0 Å². The summed E-state index contributed by atoms with van der Waals surface area (Å²) in [7, 11) is 1.77. The van der Waals surface area contributed by atoms with Gasteiger partial charge in [0.15, 0.2) is 0 Å². The number of rotatable bonds is 4. The van der Waals surface area contributed by atoms with E-state index in [0.29, 0.717) is 13.0 Å². The fraction of sp³-hybridized carbons (Fsp3) is 0.833. The fourth-order valence-corrected chi connectivity index (χ4v) is 2.08. The smallest absolute Gasteiger partial charge is 0.228 e. The minimum absolute atomic E-state index is 0.0175. The number of nitriles is 1. The van der Waals surface area contributed by atoms with Gasteiger partial charge in [0, 0.05) is 19.7 Å². The molecule has 1 aliphatic heterocycles. The van der Waals surface area contributed by atoms with Gasteiger partial charge in [0.2, 0.25) is 5.91 Å². The molecule has 1 aliphatic rings. The first-order valence-corrected chi connectivity index (χ1v) is 5.87. The molecular weight excluding hydrogens is 204 g/mol. The molecule has 16 heavy (non-hydrogen) atoms. The SMILES string of the molecule is CCC1OCCC1C(=O)N(C)C(C)CC#N. The van der Waals surface area contributed by atoms with Gasteiger partial charge < -0.3 is 9.64 Å². The molecular formula is C12H20N2O2. The third kappa shape index (κ3) is 2.73. The summed E-state index contributed by atoms with van der Waals surface area (Å²) in [5.74, 6) is 0.100. The van der Waals surface area contributed by atoms with Crippen molar-refractivity contribution in [2.45, 2.75) is 45.3 Å². The largest absolute Gasteiger partial charge is 0.377 e. The van der Waals surface area contributed by atoms with Crippen molar-refractivity contribution in [2.24, 2.45) is 5.92 Å². The van der Waals surface area contributed by atoms with Gasteiger partial charge in [-0.25, -0.2) is 0 Å². The third-order valence-electron chi connectivity index (χ3n) is 3.32. The highest BCUT2D eigenvalue weighted by Crippen LogP contribution is 2.25. The van der Waals surface area contributed by atoms with E-state index in [1.807, 2.05) is 13.8 Å². The molecule has 0 aromatic rings. The van der Waals surface area contributed by atoms with Crippen molar-refractivity contribution in [3.63, 3.8) is 0 Å². The molecule has 4 nitrogen and oxygen atoms in total. The van der Waals surface area contributed by atoms with Gasteiger partial charge in [-0.2, -0.15) is 5.26 Å². The Morgan fingerprint density at radius 3 is 2.94 bits per heavy atom. The summed E-state index contributed by atoms with van der Waals surface area (Å²) in [5.41, 5.74) is 0. The zero-order chi connectivity index (χ0) is 12.1. The van der Waals surface area contributed by atoms with E-state index in [-0.39, 0.29) is 24.0 Å². The first kappa shape index (κ1) is 13.0. The number of amides is 1. The van der Waals surface area contributed by atoms with Crippen LogP contribution in [0.25, 0.3) is 0 Å². The lowest BCUT2D eigenvalue weighted by Gasteiger charge is -2.27. The standard InChI is InChI=1S/C12H20N2O2/c1-4-11-10(6-8-16-11)12(15)14(3)9(2)5-7-13/h9-11H,4-6,8H2,1-3H3. The van der Waals surface area contributed by atoms with Crippen molar-refractivity contribution < 1.29 is 9.53 Å². The van der Waals surface area contributed by atoms with Crippen LogP contribution in [0, 0.1) is 17.2 Å². The van der Waals surface area contributed by atoms with E-state index in [2.05, 4.69) is 6.07 Å². The molecule has 0 saturated carbocycles. The van der Waals surface area contributed by atoms with E-state index in [4.69, 9.17) is 10.00 Å². The summed E-state index contributed by atoms with van der Waals surface area (Å²) in [6, 6.07) is 2.08. The van der Waals surface area contributed by atoms with Gasteiger partial charge in [-0.05, 0) is 19.8 Å². The highest BCUT2D eigenvalue weighted by molar-refractivity contribution is 5.79. The predicted molar refractivity (Wildman–Crippen MR) is 60.6 cm³/mol. The Morgan fingerprint density at radius 2 is 2.38 bits per heavy atom. The average Bonchev–Trinajstić information content (AvgIpc) is 2.75. The maximum atomic E-state index is 12.2. The first-order chi connectivity index (χ1) is 7.61. The van der Waals surface area contributed by atoms with Crippen LogP contribution in [0.4, 0.5) is 0 Å². The fourth-order valence-electron chi connectivity index (χ4n) is 2.08. The molecule has 1 amide bonds. The second kappa shape index (κ2) is 5.86. The quantitative estimate of drug-likeness (QED) is 0.728. The molecule has 3 unspecified atom stereocenters. The molecule has 0 radical (unpaired) electrons. The topological polar surface area (TPSA) is 53.3 Å². The molecule has 0 spiro atoms. The highest BCUT2D eigenvalue weighted by Gasteiger charge is 2.35. The van der Waals surface area contributed by atoms with Crippen molar-refractivity contribution in [1.82, 2.24) is 4.90 Å². The van der Waals surface area contributed by atoms with Gasteiger partial charge >= 0.3 is 0 Å². The number of carbonyl (C=O) groups is 1. The number of hydrogen-bond donors (Lipinski definition) is 0. The van der Waals surface area contributed by atoms with E-state index in [9.17, 15) is 4.79 Å². The zero-order valence-corrected chi connectivity index (χ0v) is 10.3. The molecule has 3 atom stereocenters. The lowest BCUT2D eigenvalue weighted by atomic mass is 9.97. The molecule has 0 aliphatic carbocycles. The van der Waals surface area contributed by atoms with Crippen molar-refractivity contribution in [2.75, 3.05) is 13.7 Å². The zero-order valence-electron chi connectivity index (χ0n) is 10.3. The van der Waals surface area contributed by atoms with Gasteiger partial charge in [0.25, 0.3) is 0 Å². The molecule has 1 saturated heterocycles. The third-order valence-corrected chi connectivity index (χ3v) is 3.32. The van der Waals surface area contributed by atoms with E-state index in [1.54, 1.807) is 11.9 Å². The summed E-state index contributed by atoms with van der Waals surface area (Å²) in [5, 5.41) is 8.62. The second-order valence-electron chi connectivity index (χ2n) is 4.37. The normalized spacial score (nSPS) is 26.1. The number of hydrogen-bond acceptors (Lipinski definition) is 3. The van der Waals surface area contributed by atoms with Crippen molar-refractivity contribution >= 4 is 5.91 Å². The van der Waals surface area contributed by atoms with Crippen molar-refractivity contribution in [3.05, 3.63) is 0 Å². The molecule has 1 fully saturated rings. The van der Waals surface area contributed by atoms with Crippen LogP contribution in [0.15, 0.2) is 0 Å². The second-order valence-corrected chi connectivity index (χ2v) is 4.37. The number of carbonyl (C=O) groups excluding carboxylic acids is 1. The Balaban J connectivity index is 2.59. The predicted octanol–water partition coefficient (Wildman–Crippen LogP) is 1.56. The monoisotopic (exact) mass is 224 g/mol. The van der Waals surface area contributed by atoms with Gasteiger partial charge in [-0.1, -0.05) is 6.92 Å². The van der Waals surface area contributed by atoms with E-state index < -0.39 is 0 Å². The van der Waals surface area contributed by atoms with Crippen LogP contribution < -0.4 is 0 Å². The summed E-state index contributed by atoms with van der Waals surface area (Å²) in [4.78, 5) is 13.9. The van der Waals surface area contributed by atoms with Crippen LogP contribution in [-0.4, -0.2) is 36.6 Å². The molecule has 90 valence electrons. The maximum Gasteiger partial charge on any atom is 0.228 e. The van der Waals surface area contributed by atoms with Crippen LogP contribution in [0.3, 0.4) is 0 Å². The summed E-state index contributed by atoms with van der Waals surface area (Å²) in [6.07, 6.45) is 2.12. The van der Waals surface area contributed by atoms with Gasteiger partial charge in [-0.15, -0.1) is 0 Å². The minimum Gasteiger partial charge on any atom is -0.377 e. The Kier molecular flexibility index (Phi) is 4.75. The lowest BCUT2D eigenvalue weighted by Crippen LogP contribution is -2.41. The molecule has 1 rings (SSSR count). The molecule has 0 aromatic carbocycles. The maximum absolute atomic E-state index is 12.2. The van der Waals surface area contributed by atoms with Crippen LogP contribution in [-0.2, 0) is 9.53 Å². The lowest BCUT2D eigenvalue weighted by molar-refractivity contribution is -0.137. The van der Waals surface area contributed by atoms with Crippen molar-refractivity contribution in [1.29, 1.82) is 5.26 Å². The van der Waals surface area contributed by atoms with Gasteiger partial charge in [-0.3, -0.25) is 4.79 Å². The highest BCUT2D eigenvalue weighted by atomic mass is 16.5. The van der Waals surface area contributed by atoms with Gasteiger partial charge in [0.05, 0.1) is 24.5 Å². The van der Waals surface area contributed by atoms with Gasteiger partial charge in [0.1, 0.15) is 0 Å². The molecule has 1 heterocycles. The average molecular weight is 224 g/mol. The summed E-state index contributed by atoms with van der Waals surface area (Å²) in [6.45, 7) is 4.61. The van der Waals surface area contributed by atoms with E-state index in [1.165, 1.54) is 0 Å². The molecule has 4 heteroatoms. The Labute approximate surface area is 97.2 Å². The van der Waals surface area contributed by atoms with Crippen molar-refractivity contribution in [3.8, 4) is 6.07 Å². The minimum atomic E-state index is -0.0180. The first-order valence-electron chi connectivity index (χ1n) is 5.87. The molecule has 0 N–H and O–H groups in total. The van der Waals surface area contributed by atoms with E-state index in [0.717, 1.165) is 12.8 Å². The Hall–Kier alpha value is -1.08. The Morgan fingerprint density at radius 1 is 1.69 bits per heavy atom.